The Kier molecular flexibility index (Phi) is 4.67. The van der Waals surface area contributed by atoms with Crippen molar-refractivity contribution in [3.8, 4) is 11.5 Å². The highest BCUT2D eigenvalue weighted by atomic mass is 16.3. The second-order valence-electron chi connectivity index (χ2n) is 5.34. The van der Waals surface area contributed by atoms with Crippen molar-refractivity contribution in [2.75, 3.05) is 0 Å². The summed E-state index contributed by atoms with van der Waals surface area (Å²) in [6.45, 7) is 4.13. The lowest BCUT2D eigenvalue weighted by Gasteiger charge is -2.11. The molecule has 0 spiro atoms. The van der Waals surface area contributed by atoms with Gasteiger partial charge in [0.1, 0.15) is 11.5 Å². The molecule has 0 radical (unpaired) electrons. The summed E-state index contributed by atoms with van der Waals surface area (Å²) in [5.41, 5.74) is 4.46. The summed E-state index contributed by atoms with van der Waals surface area (Å²) in [4.78, 5) is 0. The van der Waals surface area contributed by atoms with E-state index in [4.69, 9.17) is 0 Å². The lowest BCUT2D eigenvalue weighted by atomic mass is 9.96. The first-order valence-corrected chi connectivity index (χ1v) is 7.14. The van der Waals surface area contributed by atoms with Crippen LogP contribution in [0.15, 0.2) is 36.4 Å². The Hall–Kier alpha value is -1.96. The van der Waals surface area contributed by atoms with E-state index in [1.54, 1.807) is 12.1 Å². The monoisotopic (exact) mass is 270 g/mol. The highest BCUT2D eigenvalue weighted by Crippen LogP contribution is 2.26. The molecule has 0 fully saturated rings. The SMILES string of the molecule is Cc1ccc(O)c(CCCCc2ccccc2O)c1C. The molecule has 2 rings (SSSR count). The van der Waals surface area contributed by atoms with E-state index in [1.807, 2.05) is 24.3 Å². The molecule has 0 aliphatic heterocycles. The van der Waals surface area contributed by atoms with Crippen LogP contribution in [-0.2, 0) is 12.8 Å². The molecule has 2 N–H and O–H groups in total. The van der Waals surface area contributed by atoms with Crippen LogP contribution in [0.3, 0.4) is 0 Å². The van der Waals surface area contributed by atoms with Crippen molar-refractivity contribution < 1.29 is 10.2 Å². The van der Waals surface area contributed by atoms with Gasteiger partial charge >= 0.3 is 0 Å². The van der Waals surface area contributed by atoms with Crippen LogP contribution in [0.2, 0.25) is 0 Å². The van der Waals surface area contributed by atoms with Crippen LogP contribution in [0.1, 0.15) is 35.1 Å². The third kappa shape index (κ3) is 3.32. The van der Waals surface area contributed by atoms with E-state index in [1.165, 1.54) is 11.1 Å². The van der Waals surface area contributed by atoms with E-state index in [-0.39, 0.29) is 0 Å². The average Bonchev–Trinajstić information content (AvgIpc) is 2.44. The van der Waals surface area contributed by atoms with Crippen molar-refractivity contribution in [3.63, 3.8) is 0 Å². The normalized spacial score (nSPS) is 10.7. The molecule has 0 aromatic heterocycles. The molecule has 0 atom stereocenters. The average molecular weight is 270 g/mol. The van der Waals surface area contributed by atoms with E-state index in [9.17, 15) is 10.2 Å². The lowest BCUT2D eigenvalue weighted by Crippen LogP contribution is -1.95. The van der Waals surface area contributed by atoms with Crippen molar-refractivity contribution in [2.24, 2.45) is 0 Å². The molecule has 2 nitrogen and oxygen atoms in total. The zero-order chi connectivity index (χ0) is 14.5. The van der Waals surface area contributed by atoms with Gasteiger partial charge in [-0.1, -0.05) is 24.3 Å². The summed E-state index contributed by atoms with van der Waals surface area (Å²) in [6.07, 6.45) is 3.77. The molecule has 20 heavy (non-hydrogen) atoms. The van der Waals surface area contributed by atoms with Gasteiger partial charge in [-0.05, 0) is 73.9 Å². The molecule has 2 aromatic carbocycles. The standard InChI is InChI=1S/C18H22O2/c1-13-11-12-18(20)16(14(13)2)9-5-3-7-15-8-4-6-10-17(15)19/h4,6,8,10-12,19-20H,3,5,7,9H2,1-2H3. The summed E-state index contributed by atoms with van der Waals surface area (Å²) in [5, 5.41) is 19.6. The predicted octanol–water partition coefficient (Wildman–Crippen LogP) is 4.28. The zero-order valence-corrected chi connectivity index (χ0v) is 12.2. The van der Waals surface area contributed by atoms with E-state index in [0.717, 1.165) is 36.8 Å². The summed E-state index contributed by atoms with van der Waals surface area (Å²) in [6, 6.07) is 11.2. The summed E-state index contributed by atoms with van der Waals surface area (Å²) in [7, 11) is 0. The fourth-order valence-corrected chi connectivity index (χ4v) is 2.51. The number of phenols is 2. The number of unbranched alkanes of at least 4 members (excludes halogenated alkanes) is 1. The van der Waals surface area contributed by atoms with Crippen molar-refractivity contribution >= 4 is 0 Å². The van der Waals surface area contributed by atoms with Crippen molar-refractivity contribution in [2.45, 2.75) is 39.5 Å². The summed E-state index contributed by atoms with van der Waals surface area (Å²) in [5.74, 6) is 0.776. The third-order valence-electron chi connectivity index (χ3n) is 3.96. The van der Waals surface area contributed by atoms with Gasteiger partial charge in [-0.3, -0.25) is 0 Å². The van der Waals surface area contributed by atoms with Gasteiger partial charge in [0.15, 0.2) is 0 Å². The Labute approximate surface area is 120 Å². The maximum Gasteiger partial charge on any atom is 0.119 e. The van der Waals surface area contributed by atoms with Gasteiger partial charge in [-0.25, -0.2) is 0 Å². The molecule has 0 heterocycles. The maximum atomic E-state index is 9.94. The van der Waals surface area contributed by atoms with E-state index < -0.39 is 0 Å². The number of rotatable bonds is 5. The second-order valence-corrected chi connectivity index (χ2v) is 5.34. The largest absolute Gasteiger partial charge is 0.508 e. The summed E-state index contributed by atoms with van der Waals surface area (Å²) >= 11 is 0. The molecule has 0 amide bonds. The number of benzene rings is 2. The topological polar surface area (TPSA) is 40.5 Å². The predicted molar refractivity (Wildman–Crippen MR) is 82.3 cm³/mol. The van der Waals surface area contributed by atoms with Crippen molar-refractivity contribution in [1.82, 2.24) is 0 Å². The third-order valence-corrected chi connectivity index (χ3v) is 3.96. The van der Waals surface area contributed by atoms with Gasteiger partial charge in [-0.2, -0.15) is 0 Å². The minimum Gasteiger partial charge on any atom is -0.508 e. The number of hydrogen-bond acceptors (Lipinski definition) is 2. The fourth-order valence-electron chi connectivity index (χ4n) is 2.51. The second kappa shape index (κ2) is 6.47. The molecule has 2 heteroatoms. The molecule has 0 unspecified atom stereocenters. The van der Waals surface area contributed by atoms with Crippen LogP contribution in [0.25, 0.3) is 0 Å². The highest BCUT2D eigenvalue weighted by molar-refractivity contribution is 5.43. The van der Waals surface area contributed by atoms with E-state index >= 15 is 0 Å². The molecule has 0 aliphatic rings. The van der Waals surface area contributed by atoms with Gasteiger partial charge in [-0.15, -0.1) is 0 Å². The first-order chi connectivity index (χ1) is 9.59. The van der Waals surface area contributed by atoms with Gasteiger partial charge < -0.3 is 10.2 Å². The van der Waals surface area contributed by atoms with Crippen LogP contribution in [0, 0.1) is 13.8 Å². The molecular weight excluding hydrogens is 248 g/mol. The molecule has 0 bridgehead atoms. The first kappa shape index (κ1) is 14.4. The Morgan fingerprint density at radius 1 is 0.800 bits per heavy atom. The number of aryl methyl sites for hydroxylation is 2. The Morgan fingerprint density at radius 2 is 1.50 bits per heavy atom. The van der Waals surface area contributed by atoms with Crippen molar-refractivity contribution in [1.29, 1.82) is 0 Å². The smallest absolute Gasteiger partial charge is 0.119 e. The lowest BCUT2D eigenvalue weighted by molar-refractivity contribution is 0.462. The van der Waals surface area contributed by atoms with Crippen LogP contribution in [-0.4, -0.2) is 10.2 Å². The number of aromatic hydroxyl groups is 2. The quantitative estimate of drug-likeness (QED) is 0.796. The van der Waals surface area contributed by atoms with Gasteiger partial charge in [0.05, 0.1) is 0 Å². The highest BCUT2D eigenvalue weighted by Gasteiger charge is 2.07. The van der Waals surface area contributed by atoms with Gasteiger partial charge in [0.2, 0.25) is 0 Å². The molecule has 0 saturated heterocycles. The van der Waals surface area contributed by atoms with Gasteiger partial charge in [0.25, 0.3) is 0 Å². The molecule has 106 valence electrons. The molecule has 2 aromatic rings. The minimum absolute atomic E-state index is 0.377. The van der Waals surface area contributed by atoms with Crippen LogP contribution in [0.5, 0.6) is 11.5 Å². The first-order valence-electron chi connectivity index (χ1n) is 7.14. The van der Waals surface area contributed by atoms with Crippen LogP contribution < -0.4 is 0 Å². The maximum absolute atomic E-state index is 9.94. The van der Waals surface area contributed by atoms with E-state index in [0.29, 0.717) is 11.5 Å². The minimum atomic E-state index is 0.377. The Balaban J connectivity index is 1.91. The van der Waals surface area contributed by atoms with Crippen LogP contribution >= 0.6 is 0 Å². The Bertz CT molecular complexity index is 588. The van der Waals surface area contributed by atoms with Gasteiger partial charge in [0, 0.05) is 0 Å². The fraction of sp³-hybridized carbons (Fsp3) is 0.333. The molecule has 0 aliphatic carbocycles. The number of para-hydroxylation sites is 1. The Morgan fingerprint density at radius 3 is 2.25 bits per heavy atom. The number of hydrogen-bond donors (Lipinski definition) is 2. The molecular formula is C18H22O2. The summed E-state index contributed by atoms with van der Waals surface area (Å²) < 4.78 is 0. The zero-order valence-electron chi connectivity index (χ0n) is 12.2. The van der Waals surface area contributed by atoms with Crippen molar-refractivity contribution in [3.05, 3.63) is 58.7 Å². The van der Waals surface area contributed by atoms with Crippen LogP contribution in [0.4, 0.5) is 0 Å². The van der Waals surface area contributed by atoms with E-state index in [2.05, 4.69) is 13.8 Å². The molecule has 0 saturated carbocycles. The number of phenolic OH excluding ortho intramolecular Hbond substituents is 2.